The molecule has 2 aliphatic heterocycles. The van der Waals surface area contributed by atoms with Crippen LogP contribution in [0.5, 0.6) is 0 Å². The Balaban J connectivity index is 1.38. The SMILES string of the molecule is CCCCCCCCCCCCCCCCC1C(N2CCCC2)P1(=O)CC. The second-order valence-corrected chi connectivity index (χ2v) is 12.8. The van der Waals surface area contributed by atoms with Gasteiger partial charge >= 0.3 is 0 Å². The normalized spacial score (nSPS) is 28.1. The zero-order chi connectivity index (χ0) is 19.4. The molecule has 0 radical (unpaired) electrons. The van der Waals surface area contributed by atoms with Crippen LogP contribution in [0.3, 0.4) is 0 Å². The van der Waals surface area contributed by atoms with Crippen molar-refractivity contribution in [3.8, 4) is 0 Å². The predicted octanol–water partition coefficient (Wildman–Crippen LogP) is 8.04. The highest BCUT2D eigenvalue weighted by atomic mass is 31.2. The molecule has 0 aliphatic carbocycles. The fourth-order valence-corrected chi connectivity index (χ4v) is 9.13. The van der Waals surface area contributed by atoms with Gasteiger partial charge in [-0.15, -0.1) is 0 Å². The lowest BCUT2D eigenvalue weighted by Gasteiger charge is -2.13. The number of nitrogens with zero attached hydrogens (tertiary/aromatic N) is 1. The molecule has 160 valence electrons. The average molecular weight is 398 g/mol. The van der Waals surface area contributed by atoms with Gasteiger partial charge in [0.2, 0.25) is 0 Å². The molecule has 2 fully saturated rings. The first-order valence-electron chi connectivity index (χ1n) is 12.6. The van der Waals surface area contributed by atoms with Gasteiger partial charge in [-0.25, -0.2) is 0 Å². The Hall–Kier alpha value is 0.190. The number of likely N-dealkylation sites (tertiary alicyclic amines) is 1. The van der Waals surface area contributed by atoms with E-state index in [0.29, 0.717) is 11.4 Å². The summed E-state index contributed by atoms with van der Waals surface area (Å²) < 4.78 is 13.1. The van der Waals surface area contributed by atoms with Crippen molar-refractivity contribution in [3.63, 3.8) is 0 Å². The van der Waals surface area contributed by atoms with Gasteiger partial charge in [0, 0.05) is 5.66 Å². The molecule has 0 amide bonds. The summed E-state index contributed by atoms with van der Waals surface area (Å²) in [4.78, 5) is 2.57. The maximum atomic E-state index is 13.1. The van der Waals surface area contributed by atoms with Gasteiger partial charge < -0.3 is 4.57 Å². The third kappa shape index (κ3) is 7.85. The van der Waals surface area contributed by atoms with Crippen molar-refractivity contribution in [1.82, 2.24) is 4.90 Å². The summed E-state index contributed by atoms with van der Waals surface area (Å²) in [6.45, 7) is 6.88. The third-order valence-corrected chi connectivity index (χ3v) is 11.0. The monoisotopic (exact) mass is 397 g/mol. The zero-order valence-corrected chi connectivity index (χ0v) is 19.5. The average Bonchev–Trinajstić information content (AvgIpc) is 3.01. The Morgan fingerprint density at radius 3 is 1.59 bits per heavy atom. The fraction of sp³-hybridized carbons (Fsp3) is 1.00. The quantitative estimate of drug-likeness (QED) is 0.183. The summed E-state index contributed by atoms with van der Waals surface area (Å²) in [6.07, 6.45) is 24.7. The first-order valence-corrected chi connectivity index (χ1v) is 14.6. The van der Waals surface area contributed by atoms with E-state index >= 15 is 0 Å². The van der Waals surface area contributed by atoms with Crippen LogP contribution in [0.1, 0.15) is 123 Å². The van der Waals surface area contributed by atoms with Crippen molar-refractivity contribution < 1.29 is 4.57 Å². The zero-order valence-electron chi connectivity index (χ0n) is 18.6. The molecule has 2 saturated heterocycles. The Bertz CT molecular complexity index is 419. The van der Waals surface area contributed by atoms with Gasteiger partial charge in [-0.2, -0.15) is 0 Å². The molecular weight excluding hydrogens is 349 g/mol. The van der Waals surface area contributed by atoms with E-state index in [2.05, 4.69) is 18.7 Å². The standard InChI is InChI=1S/C24H48NOP/c1-3-5-6-7-8-9-10-11-12-13-14-15-16-17-20-23-24(27(23,26)4-2)25-21-18-19-22-25/h23-24H,3-22H2,1-2H3. The molecule has 0 spiro atoms. The van der Waals surface area contributed by atoms with Gasteiger partial charge in [-0.05, 0) is 38.5 Å². The third-order valence-electron chi connectivity index (χ3n) is 7.13. The Morgan fingerprint density at radius 2 is 1.15 bits per heavy atom. The highest BCUT2D eigenvalue weighted by Gasteiger charge is 2.61. The molecule has 0 aromatic rings. The minimum Gasteiger partial charge on any atom is -0.322 e. The lowest BCUT2D eigenvalue weighted by Crippen LogP contribution is -2.24. The van der Waals surface area contributed by atoms with Crippen LogP contribution in [0.15, 0.2) is 0 Å². The number of rotatable bonds is 17. The summed E-state index contributed by atoms with van der Waals surface area (Å²) >= 11 is 0. The summed E-state index contributed by atoms with van der Waals surface area (Å²) in [5.74, 6) is 0.493. The van der Waals surface area contributed by atoms with Crippen molar-refractivity contribution in [1.29, 1.82) is 0 Å². The maximum absolute atomic E-state index is 13.1. The van der Waals surface area contributed by atoms with Gasteiger partial charge in [0.1, 0.15) is 7.14 Å². The predicted molar refractivity (Wildman–Crippen MR) is 121 cm³/mol. The van der Waals surface area contributed by atoms with E-state index in [0.717, 1.165) is 6.16 Å². The Labute approximate surface area is 170 Å². The van der Waals surface area contributed by atoms with Crippen LogP contribution >= 0.6 is 7.14 Å². The molecule has 27 heavy (non-hydrogen) atoms. The van der Waals surface area contributed by atoms with Crippen molar-refractivity contribution in [2.24, 2.45) is 0 Å². The number of unbranched alkanes of at least 4 members (excludes halogenated alkanes) is 13. The summed E-state index contributed by atoms with van der Waals surface area (Å²) in [7, 11) is -1.83. The lowest BCUT2D eigenvalue weighted by atomic mass is 10.0. The summed E-state index contributed by atoms with van der Waals surface area (Å²) in [5, 5.41) is 0. The van der Waals surface area contributed by atoms with E-state index in [4.69, 9.17) is 0 Å². The summed E-state index contributed by atoms with van der Waals surface area (Å²) in [6, 6.07) is 0. The molecule has 0 saturated carbocycles. The number of hydrogen-bond donors (Lipinski definition) is 0. The van der Waals surface area contributed by atoms with Crippen molar-refractivity contribution >= 4 is 7.14 Å². The van der Waals surface area contributed by atoms with E-state index in [1.807, 2.05) is 0 Å². The first-order chi connectivity index (χ1) is 13.2. The molecule has 2 nitrogen and oxygen atoms in total. The van der Waals surface area contributed by atoms with Crippen LogP contribution < -0.4 is 0 Å². The molecule has 3 atom stereocenters. The highest BCUT2D eigenvalue weighted by Crippen LogP contribution is 2.76. The lowest BCUT2D eigenvalue weighted by molar-refractivity contribution is 0.330. The van der Waals surface area contributed by atoms with Gasteiger partial charge in [-0.1, -0.05) is 104 Å². The van der Waals surface area contributed by atoms with Gasteiger partial charge in [0.15, 0.2) is 0 Å². The van der Waals surface area contributed by atoms with Crippen molar-refractivity contribution in [2.45, 2.75) is 134 Å². The molecule has 2 rings (SSSR count). The molecule has 0 aromatic carbocycles. The minimum atomic E-state index is -1.83. The molecule has 2 aliphatic rings. The topological polar surface area (TPSA) is 20.3 Å². The van der Waals surface area contributed by atoms with E-state index in [-0.39, 0.29) is 0 Å². The van der Waals surface area contributed by atoms with Crippen LogP contribution in [0.4, 0.5) is 0 Å². The maximum Gasteiger partial charge on any atom is 0.109 e. The highest BCUT2D eigenvalue weighted by molar-refractivity contribution is 7.73. The smallest absolute Gasteiger partial charge is 0.109 e. The van der Waals surface area contributed by atoms with Crippen LogP contribution in [0.2, 0.25) is 0 Å². The van der Waals surface area contributed by atoms with E-state index in [9.17, 15) is 4.57 Å². The molecule has 2 heterocycles. The van der Waals surface area contributed by atoms with Crippen LogP contribution in [-0.4, -0.2) is 35.6 Å². The van der Waals surface area contributed by atoms with Gasteiger partial charge in [0.25, 0.3) is 0 Å². The molecule has 3 unspecified atom stereocenters. The van der Waals surface area contributed by atoms with Crippen molar-refractivity contribution in [3.05, 3.63) is 0 Å². The Kier molecular flexibility index (Phi) is 11.7. The number of hydrogen-bond acceptors (Lipinski definition) is 2. The van der Waals surface area contributed by atoms with Crippen LogP contribution in [-0.2, 0) is 4.57 Å². The van der Waals surface area contributed by atoms with Crippen LogP contribution in [0, 0.1) is 0 Å². The largest absolute Gasteiger partial charge is 0.322 e. The van der Waals surface area contributed by atoms with E-state index in [1.54, 1.807) is 0 Å². The van der Waals surface area contributed by atoms with Gasteiger partial charge in [0.05, 0.1) is 5.78 Å². The second kappa shape index (κ2) is 13.4. The fourth-order valence-electron chi connectivity index (χ4n) is 5.28. The molecule has 0 bridgehead atoms. The molecule has 3 heteroatoms. The molecule has 0 N–H and O–H groups in total. The molecule has 0 aromatic heterocycles. The van der Waals surface area contributed by atoms with Gasteiger partial charge in [-0.3, -0.25) is 4.90 Å². The second-order valence-electron chi connectivity index (χ2n) is 9.28. The van der Waals surface area contributed by atoms with Crippen molar-refractivity contribution in [2.75, 3.05) is 19.3 Å². The minimum absolute atomic E-state index is 0.493. The summed E-state index contributed by atoms with van der Waals surface area (Å²) in [5.41, 5.74) is 0.568. The molecular formula is C24H48NOP. The van der Waals surface area contributed by atoms with E-state index in [1.165, 1.54) is 122 Å². The van der Waals surface area contributed by atoms with Crippen LogP contribution in [0.25, 0.3) is 0 Å². The first kappa shape index (κ1) is 23.5. The van der Waals surface area contributed by atoms with E-state index < -0.39 is 7.14 Å². The Morgan fingerprint density at radius 1 is 0.704 bits per heavy atom.